The van der Waals surface area contributed by atoms with Gasteiger partial charge < -0.3 is 9.47 Å². The van der Waals surface area contributed by atoms with E-state index in [0.29, 0.717) is 19.1 Å². The van der Waals surface area contributed by atoms with Gasteiger partial charge in [0.15, 0.2) is 0 Å². The van der Waals surface area contributed by atoms with Crippen molar-refractivity contribution in [1.82, 2.24) is 0 Å². The Bertz CT molecular complexity index is 498. The fourth-order valence-corrected chi connectivity index (χ4v) is 5.47. The van der Waals surface area contributed by atoms with Gasteiger partial charge in [-0.15, -0.1) is 0 Å². The molecule has 0 saturated heterocycles. The highest BCUT2D eigenvalue weighted by atomic mass is 16.5. The summed E-state index contributed by atoms with van der Waals surface area (Å²) in [5, 5.41) is 0. The minimum absolute atomic E-state index is 0.165. The molecule has 0 aromatic heterocycles. The molecule has 0 N–H and O–H groups in total. The molecule has 2 aliphatic carbocycles. The summed E-state index contributed by atoms with van der Waals surface area (Å²) in [5.41, 5.74) is 0. The summed E-state index contributed by atoms with van der Waals surface area (Å²) in [6.07, 6.45) is 23.7. The maximum Gasteiger partial charge on any atom is 0.309 e. The van der Waals surface area contributed by atoms with Crippen LogP contribution in [0.15, 0.2) is 0 Å². The van der Waals surface area contributed by atoms with E-state index >= 15 is 0 Å². The highest BCUT2D eigenvalue weighted by Crippen LogP contribution is 2.32. The van der Waals surface area contributed by atoms with E-state index in [1.54, 1.807) is 0 Å². The Morgan fingerprint density at radius 3 is 1.62 bits per heavy atom. The first-order valence-corrected chi connectivity index (χ1v) is 14.1. The highest BCUT2D eigenvalue weighted by Gasteiger charge is 2.37. The van der Waals surface area contributed by atoms with E-state index in [1.807, 2.05) is 0 Å². The lowest BCUT2D eigenvalue weighted by molar-refractivity contribution is -0.163. The number of rotatable bonds is 16. The molecule has 0 heterocycles. The number of unbranched alkanes of at least 4 members (excludes halogenated alkanes) is 9. The molecule has 2 rings (SSSR count). The molecule has 2 fully saturated rings. The first-order chi connectivity index (χ1) is 15.7. The van der Waals surface area contributed by atoms with Gasteiger partial charge in [-0.2, -0.15) is 0 Å². The standard InChI is InChI=1S/C28H50O4/c1-2-3-4-5-6-7-8-9-10-16-22-31-27(29)25-19-14-15-20-26(25)28(30)32-23-21-24-17-12-11-13-18-24/h24-26H,2-23H2,1H3. The Morgan fingerprint density at radius 1 is 0.594 bits per heavy atom. The van der Waals surface area contributed by atoms with Gasteiger partial charge in [0.25, 0.3) is 0 Å². The minimum Gasteiger partial charge on any atom is -0.465 e. The lowest BCUT2D eigenvalue weighted by atomic mass is 9.79. The quantitative estimate of drug-likeness (QED) is 0.178. The zero-order valence-corrected chi connectivity index (χ0v) is 20.9. The number of esters is 2. The Kier molecular flexibility index (Phi) is 14.8. The second kappa shape index (κ2) is 17.4. The van der Waals surface area contributed by atoms with E-state index in [4.69, 9.17) is 9.47 Å². The molecule has 4 heteroatoms. The zero-order chi connectivity index (χ0) is 22.9. The largest absolute Gasteiger partial charge is 0.465 e. The predicted molar refractivity (Wildman–Crippen MR) is 130 cm³/mol. The summed E-state index contributed by atoms with van der Waals surface area (Å²) in [7, 11) is 0. The van der Waals surface area contributed by atoms with Crippen molar-refractivity contribution in [2.45, 2.75) is 135 Å². The normalized spacial score (nSPS) is 21.9. The van der Waals surface area contributed by atoms with Crippen LogP contribution in [-0.4, -0.2) is 25.2 Å². The van der Waals surface area contributed by atoms with Gasteiger partial charge >= 0.3 is 11.9 Å². The Balaban J connectivity index is 1.55. The third-order valence-electron chi connectivity index (χ3n) is 7.61. The van der Waals surface area contributed by atoms with Gasteiger partial charge in [0.1, 0.15) is 0 Å². The van der Waals surface area contributed by atoms with Gasteiger partial charge in [0.2, 0.25) is 0 Å². The number of hydrogen-bond donors (Lipinski definition) is 0. The van der Waals surface area contributed by atoms with Crippen LogP contribution < -0.4 is 0 Å². The van der Waals surface area contributed by atoms with Crippen LogP contribution in [0.1, 0.15) is 135 Å². The van der Waals surface area contributed by atoms with Crippen LogP contribution in [-0.2, 0) is 19.1 Å². The van der Waals surface area contributed by atoms with Crippen LogP contribution in [0.2, 0.25) is 0 Å². The molecule has 0 aromatic rings. The molecule has 0 aliphatic heterocycles. The molecule has 0 radical (unpaired) electrons. The van der Waals surface area contributed by atoms with Crippen molar-refractivity contribution in [2.24, 2.45) is 17.8 Å². The first kappa shape index (κ1) is 27.2. The van der Waals surface area contributed by atoms with Crippen LogP contribution in [0.25, 0.3) is 0 Å². The maximum absolute atomic E-state index is 12.7. The fourth-order valence-electron chi connectivity index (χ4n) is 5.47. The van der Waals surface area contributed by atoms with Crippen LogP contribution in [0, 0.1) is 17.8 Å². The molecule has 2 aliphatic rings. The molecule has 0 amide bonds. The van der Waals surface area contributed by atoms with E-state index < -0.39 is 0 Å². The lowest BCUT2D eigenvalue weighted by Gasteiger charge is -2.28. The third-order valence-corrected chi connectivity index (χ3v) is 7.61. The minimum atomic E-state index is -0.297. The van der Waals surface area contributed by atoms with Crippen LogP contribution in [0.4, 0.5) is 0 Å². The van der Waals surface area contributed by atoms with E-state index in [2.05, 4.69) is 6.92 Å². The van der Waals surface area contributed by atoms with Crippen molar-refractivity contribution in [3.8, 4) is 0 Å². The molecule has 2 saturated carbocycles. The second-order valence-corrected chi connectivity index (χ2v) is 10.3. The van der Waals surface area contributed by atoms with Crippen molar-refractivity contribution < 1.29 is 19.1 Å². The monoisotopic (exact) mass is 450 g/mol. The summed E-state index contributed by atoms with van der Waals surface area (Å²) < 4.78 is 11.2. The molecule has 0 aromatic carbocycles. The zero-order valence-electron chi connectivity index (χ0n) is 20.9. The number of ether oxygens (including phenoxy) is 2. The molecule has 4 nitrogen and oxygen atoms in total. The van der Waals surface area contributed by atoms with Crippen molar-refractivity contribution in [3.63, 3.8) is 0 Å². The summed E-state index contributed by atoms with van der Waals surface area (Å²) in [5.74, 6) is -0.217. The molecular weight excluding hydrogens is 400 g/mol. The molecule has 2 unspecified atom stereocenters. The van der Waals surface area contributed by atoms with Gasteiger partial charge in [-0.25, -0.2) is 0 Å². The topological polar surface area (TPSA) is 52.6 Å². The summed E-state index contributed by atoms with van der Waals surface area (Å²) in [6.45, 7) is 3.27. The summed E-state index contributed by atoms with van der Waals surface area (Å²) in [4.78, 5) is 25.3. The number of carbonyl (C=O) groups excluding carboxylic acids is 2. The Hall–Kier alpha value is -1.06. The molecular formula is C28H50O4. The fraction of sp³-hybridized carbons (Fsp3) is 0.929. The molecule has 186 valence electrons. The van der Waals surface area contributed by atoms with Gasteiger partial charge in [0.05, 0.1) is 25.0 Å². The van der Waals surface area contributed by atoms with Crippen molar-refractivity contribution in [1.29, 1.82) is 0 Å². The molecule has 0 spiro atoms. The Morgan fingerprint density at radius 2 is 1.06 bits per heavy atom. The summed E-state index contributed by atoms with van der Waals surface area (Å²) in [6, 6.07) is 0. The highest BCUT2D eigenvalue weighted by molar-refractivity contribution is 5.82. The molecule has 0 bridgehead atoms. The second-order valence-electron chi connectivity index (χ2n) is 10.3. The summed E-state index contributed by atoms with van der Waals surface area (Å²) >= 11 is 0. The number of carbonyl (C=O) groups is 2. The van der Waals surface area contributed by atoms with Gasteiger partial charge in [0, 0.05) is 0 Å². The van der Waals surface area contributed by atoms with Crippen molar-refractivity contribution >= 4 is 11.9 Å². The predicted octanol–water partition coefficient (Wildman–Crippen LogP) is 7.77. The average molecular weight is 451 g/mol. The average Bonchev–Trinajstić information content (AvgIpc) is 2.83. The van der Waals surface area contributed by atoms with E-state index in [1.165, 1.54) is 83.5 Å². The van der Waals surface area contributed by atoms with Crippen molar-refractivity contribution in [2.75, 3.05) is 13.2 Å². The van der Waals surface area contributed by atoms with Crippen LogP contribution in [0.3, 0.4) is 0 Å². The Labute approximate surface area is 197 Å². The van der Waals surface area contributed by atoms with Gasteiger partial charge in [-0.05, 0) is 31.6 Å². The SMILES string of the molecule is CCCCCCCCCCCCOC(=O)C1CCCCC1C(=O)OCCC1CCCCC1. The lowest BCUT2D eigenvalue weighted by Crippen LogP contribution is -2.35. The third kappa shape index (κ3) is 11.2. The van der Waals surface area contributed by atoms with Crippen molar-refractivity contribution in [3.05, 3.63) is 0 Å². The van der Waals surface area contributed by atoms with Gasteiger partial charge in [-0.3, -0.25) is 9.59 Å². The van der Waals surface area contributed by atoms with E-state index in [-0.39, 0.29) is 23.8 Å². The van der Waals surface area contributed by atoms with E-state index in [0.717, 1.165) is 44.9 Å². The molecule has 2 atom stereocenters. The number of hydrogen-bond acceptors (Lipinski definition) is 4. The smallest absolute Gasteiger partial charge is 0.309 e. The molecule has 32 heavy (non-hydrogen) atoms. The van der Waals surface area contributed by atoms with Crippen LogP contribution in [0.5, 0.6) is 0 Å². The van der Waals surface area contributed by atoms with Gasteiger partial charge in [-0.1, -0.05) is 110 Å². The van der Waals surface area contributed by atoms with E-state index in [9.17, 15) is 9.59 Å². The van der Waals surface area contributed by atoms with Crippen LogP contribution >= 0.6 is 0 Å². The first-order valence-electron chi connectivity index (χ1n) is 14.1. The maximum atomic E-state index is 12.7.